The van der Waals surface area contributed by atoms with Crippen LogP contribution >= 0.6 is 0 Å². The number of hydrogen-bond acceptors (Lipinski definition) is 4. The standard InChI is InChI=1S/C22H32N4/c1-22(2,3)21-20(15-24-25-21)17-26(16-19-9-12-23-13-10-19)14-11-18-7-5-4-6-8-18/h4-10,12-13,20-21,24-25H,11,14-17H2,1-3H3. The SMILES string of the molecule is CC(C)(C)C1NNCC1CN(CCc1ccccc1)Cc1ccncc1. The van der Waals surface area contributed by atoms with Gasteiger partial charge in [-0.25, -0.2) is 0 Å². The number of aromatic nitrogens is 1. The first-order valence-electron chi connectivity index (χ1n) is 9.66. The highest BCUT2D eigenvalue weighted by Gasteiger charge is 2.36. The number of pyridine rings is 1. The monoisotopic (exact) mass is 352 g/mol. The Hall–Kier alpha value is -1.75. The van der Waals surface area contributed by atoms with Gasteiger partial charge in [0.1, 0.15) is 0 Å². The van der Waals surface area contributed by atoms with Gasteiger partial charge in [-0.2, -0.15) is 0 Å². The van der Waals surface area contributed by atoms with E-state index in [1.807, 2.05) is 12.4 Å². The topological polar surface area (TPSA) is 40.2 Å². The highest BCUT2D eigenvalue weighted by atomic mass is 15.4. The Balaban J connectivity index is 1.67. The summed E-state index contributed by atoms with van der Waals surface area (Å²) in [6.07, 6.45) is 4.86. The van der Waals surface area contributed by atoms with Crippen LogP contribution in [0.5, 0.6) is 0 Å². The first kappa shape index (κ1) is 19.0. The smallest absolute Gasteiger partial charge is 0.0314 e. The molecule has 3 rings (SSSR count). The van der Waals surface area contributed by atoms with Crippen molar-refractivity contribution < 1.29 is 0 Å². The summed E-state index contributed by atoms with van der Waals surface area (Å²) in [6, 6.07) is 15.5. The summed E-state index contributed by atoms with van der Waals surface area (Å²) in [5, 5.41) is 0. The van der Waals surface area contributed by atoms with Gasteiger partial charge in [0.15, 0.2) is 0 Å². The fourth-order valence-corrected chi connectivity index (χ4v) is 3.87. The molecular formula is C22H32N4. The molecule has 2 heterocycles. The van der Waals surface area contributed by atoms with Gasteiger partial charge in [-0.15, -0.1) is 0 Å². The molecule has 2 atom stereocenters. The lowest BCUT2D eigenvalue weighted by Gasteiger charge is -2.34. The van der Waals surface area contributed by atoms with Crippen LogP contribution in [-0.2, 0) is 13.0 Å². The molecule has 0 aliphatic carbocycles. The van der Waals surface area contributed by atoms with Gasteiger partial charge in [-0.1, -0.05) is 51.1 Å². The second kappa shape index (κ2) is 8.76. The summed E-state index contributed by atoms with van der Waals surface area (Å²) >= 11 is 0. The number of rotatable bonds is 7. The minimum Gasteiger partial charge on any atom is -0.298 e. The average molecular weight is 353 g/mol. The third kappa shape index (κ3) is 5.37. The maximum Gasteiger partial charge on any atom is 0.0314 e. The summed E-state index contributed by atoms with van der Waals surface area (Å²) in [5.41, 5.74) is 9.87. The minimum absolute atomic E-state index is 0.246. The van der Waals surface area contributed by atoms with Gasteiger partial charge in [0, 0.05) is 50.5 Å². The summed E-state index contributed by atoms with van der Waals surface area (Å²) < 4.78 is 0. The number of hydrazine groups is 1. The van der Waals surface area contributed by atoms with E-state index < -0.39 is 0 Å². The van der Waals surface area contributed by atoms with Crippen molar-refractivity contribution in [2.45, 2.75) is 39.8 Å². The first-order valence-corrected chi connectivity index (χ1v) is 9.66. The molecule has 0 saturated carbocycles. The molecule has 0 spiro atoms. The van der Waals surface area contributed by atoms with Crippen molar-refractivity contribution in [3.05, 3.63) is 66.0 Å². The summed E-state index contributed by atoms with van der Waals surface area (Å²) in [7, 11) is 0. The molecule has 1 aliphatic heterocycles. The van der Waals surface area contributed by atoms with Crippen molar-refractivity contribution in [1.82, 2.24) is 20.7 Å². The van der Waals surface area contributed by atoms with Gasteiger partial charge >= 0.3 is 0 Å². The molecule has 1 saturated heterocycles. The Labute approximate surface area is 158 Å². The highest BCUT2D eigenvalue weighted by Crippen LogP contribution is 2.28. The third-order valence-electron chi connectivity index (χ3n) is 5.23. The zero-order chi connectivity index (χ0) is 18.4. The Kier molecular flexibility index (Phi) is 6.41. The van der Waals surface area contributed by atoms with Crippen molar-refractivity contribution in [3.63, 3.8) is 0 Å². The summed E-state index contributed by atoms with van der Waals surface area (Å²) in [5.74, 6) is 0.604. The second-order valence-corrected chi connectivity index (χ2v) is 8.46. The van der Waals surface area contributed by atoms with E-state index in [9.17, 15) is 0 Å². The van der Waals surface area contributed by atoms with E-state index in [2.05, 4.69) is 84.0 Å². The Morgan fingerprint density at radius 1 is 1.04 bits per heavy atom. The number of benzene rings is 1. The zero-order valence-electron chi connectivity index (χ0n) is 16.3. The Bertz CT molecular complexity index is 651. The molecule has 2 unspecified atom stereocenters. The molecule has 1 aliphatic rings. The molecule has 4 heteroatoms. The lowest BCUT2D eigenvalue weighted by atomic mass is 9.80. The van der Waals surface area contributed by atoms with Gasteiger partial charge in [0.25, 0.3) is 0 Å². The predicted molar refractivity (Wildman–Crippen MR) is 108 cm³/mol. The molecule has 2 aromatic rings. The van der Waals surface area contributed by atoms with E-state index >= 15 is 0 Å². The van der Waals surface area contributed by atoms with Crippen LogP contribution < -0.4 is 10.9 Å². The molecule has 1 fully saturated rings. The molecule has 0 bridgehead atoms. The number of nitrogens with zero attached hydrogens (tertiary/aromatic N) is 2. The molecule has 26 heavy (non-hydrogen) atoms. The van der Waals surface area contributed by atoms with Crippen LogP contribution in [-0.4, -0.2) is 35.6 Å². The molecule has 140 valence electrons. The van der Waals surface area contributed by atoms with E-state index in [1.54, 1.807) is 0 Å². The van der Waals surface area contributed by atoms with Crippen LogP contribution in [0.3, 0.4) is 0 Å². The van der Waals surface area contributed by atoms with Crippen molar-refractivity contribution >= 4 is 0 Å². The van der Waals surface area contributed by atoms with Crippen molar-refractivity contribution in [1.29, 1.82) is 0 Å². The summed E-state index contributed by atoms with van der Waals surface area (Å²) in [6.45, 7) is 11.1. The Morgan fingerprint density at radius 3 is 2.46 bits per heavy atom. The minimum atomic E-state index is 0.246. The molecule has 0 radical (unpaired) electrons. The fraction of sp³-hybridized carbons (Fsp3) is 0.500. The van der Waals surface area contributed by atoms with Gasteiger partial charge in [-0.05, 0) is 35.1 Å². The summed E-state index contributed by atoms with van der Waals surface area (Å²) in [4.78, 5) is 6.75. The molecule has 2 N–H and O–H groups in total. The maximum atomic E-state index is 4.16. The van der Waals surface area contributed by atoms with Gasteiger partial charge < -0.3 is 0 Å². The predicted octanol–water partition coefficient (Wildman–Crippen LogP) is 3.27. The molecule has 1 aromatic heterocycles. The van der Waals surface area contributed by atoms with Gasteiger partial charge in [0.2, 0.25) is 0 Å². The van der Waals surface area contributed by atoms with E-state index in [1.165, 1.54) is 11.1 Å². The number of nitrogens with one attached hydrogen (secondary N) is 2. The lowest BCUT2D eigenvalue weighted by Crippen LogP contribution is -2.45. The van der Waals surface area contributed by atoms with E-state index in [-0.39, 0.29) is 5.41 Å². The van der Waals surface area contributed by atoms with Crippen LogP contribution in [0.15, 0.2) is 54.9 Å². The van der Waals surface area contributed by atoms with Crippen LogP contribution in [0.1, 0.15) is 31.9 Å². The van der Waals surface area contributed by atoms with Crippen molar-refractivity contribution in [2.75, 3.05) is 19.6 Å². The van der Waals surface area contributed by atoms with Crippen LogP contribution in [0.25, 0.3) is 0 Å². The molecule has 1 aromatic carbocycles. The molecule has 0 amide bonds. The lowest BCUT2D eigenvalue weighted by molar-refractivity contribution is 0.172. The number of hydrogen-bond donors (Lipinski definition) is 2. The van der Waals surface area contributed by atoms with Gasteiger partial charge in [-0.3, -0.25) is 20.7 Å². The zero-order valence-corrected chi connectivity index (χ0v) is 16.3. The average Bonchev–Trinajstić information content (AvgIpc) is 3.10. The van der Waals surface area contributed by atoms with E-state index in [4.69, 9.17) is 0 Å². The highest BCUT2D eigenvalue weighted by molar-refractivity contribution is 5.15. The van der Waals surface area contributed by atoms with E-state index in [0.29, 0.717) is 12.0 Å². The quantitative estimate of drug-likeness (QED) is 0.802. The maximum absolute atomic E-state index is 4.16. The van der Waals surface area contributed by atoms with E-state index in [0.717, 1.165) is 32.6 Å². The first-order chi connectivity index (χ1) is 12.5. The third-order valence-corrected chi connectivity index (χ3v) is 5.23. The van der Waals surface area contributed by atoms with Crippen LogP contribution in [0.2, 0.25) is 0 Å². The van der Waals surface area contributed by atoms with Crippen molar-refractivity contribution in [3.8, 4) is 0 Å². The molecular weight excluding hydrogens is 320 g/mol. The van der Waals surface area contributed by atoms with Gasteiger partial charge in [0.05, 0.1) is 0 Å². The largest absolute Gasteiger partial charge is 0.298 e. The van der Waals surface area contributed by atoms with Crippen LogP contribution in [0, 0.1) is 11.3 Å². The van der Waals surface area contributed by atoms with Crippen molar-refractivity contribution in [2.24, 2.45) is 11.3 Å². The normalized spacial score (nSPS) is 20.6. The Morgan fingerprint density at radius 2 is 1.77 bits per heavy atom. The molecule has 4 nitrogen and oxygen atoms in total. The second-order valence-electron chi connectivity index (χ2n) is 8.46. The van der Waals surface area contributed by atoms with Crippen LogP contribution in [0.4, 0.5) is 0 Å². The fourth-order valence-electron chi connectivity index (χ4n) is 3.87.